The summed E-state index contributed by atoms with van der Waals surface area (Å²) >= 11 is 0. The van der Waals surface area contributed by atoms with Crippen molar-refractivity contribution >= 4 is 16.3 Å². The molecule has 0 heterocycles. The number of carboxylic acid groups (broad SMARTS) is 1. The SMILES string of the molecule is C[C@@H](NC(=O)O)[C@H](CO)CC(NS(=O)(=O)NC(C)(C)C)C(F)(F)F. The Hall–Kier alpha value is -1.11. The van der Waals surface area contributed by atoms with Crippen LogP contribution in [0.1, 0.15) is 34.1 Å². The van der Waals surface area contributed by atoms with Gasteiger partial charge in [-0.25, -0.2) is 4.79 Å². The fraction of sp³-hybridized carbons (Fsp3) is 0.917. The molecule has 0 aromatic carbocycles. The molecular weight excluding hydrogens is 355 g/mol. The van der Waals surface area contributed by atoms with Gasteiger partial charge in [0.25, 0.3) is 10.2 Å². The zero-order valence-corrected chi connectivity index (χ0v) is 14.6. The summed E-state index contributed by atoms with van der Waals surface area (Å²) in [5.41, 5.74) is -0.990. The molecule has 0 saturated heterocycles. The lowest BCUT2D eigenvalue weighted by Crippen LogP contribution is -2.55. The molecule has 1 amide bonds. The molecule has 0 aliphatic carbocycles. The van der Waals surface area contributed by atoms with Crippen LogP contribution in [-0.4, -0.2) is 55.1 Å². The molecule has 0 bridgehead atoms. The fourth-order valence-corrected chi connectivity index (χ4v) is 3.39. The van der Waals surface area contributed by atoms with Crippen LogP contribution < -0.4 is 14.8 Å². The Kier molecular flexibility index (Phi) is 7.93. The second kappa shape index (κ2) is 8.32. The molecule has 12 heteroatoms. The van der Waals surface area contributed by atoms with E-state index in [1.54, 1.807) is 0 Å². The average molecular weight is 379 g/mol. The van der Waals surface area contributed by atoms with E-state index in [0.717, 1.165) is 0 Å². The quantitative estimate of drug-likeness (QED) is 0.426. The number of rotatable bonds is 8. The summed E-state index contributed by atoms with van der Waals surface area (Å²) in [5, 5.41) is 19.8. The van der Waals surface area contributed by atoms with Gasteiger partial charge in [-0.1, -0.05) is 0 Å². The first kappa shape index (κ1) is 22.9. The van der Waals surface area contributed by atoms with E-state index in [2.05, 4.69) is 0 Å². The van der Waals surface area contributed by atoms with Gasteiger partial charge in [-0.15, -0.1) is 0 Å². The highest BCUT2D eigenvalue weighted by Crippen LogP contribution is 2.27. The third-order valence-corrected chi connectivity index (χ3v) is 4.44. The van der Waals surface area contributed by atoms with Crippen LogP contribution in [0.25, 0.3) is 0 Å². The van der Waals surface area contributed by atoms with Gasteiger partial charge in [0.05, 0.1) is 0 Å². The van der Waals surface area contributed by atoms with Gasteiger partial charge in [-0.3, -0.25) is 0 Å². The van der Waals surface area contributed by atoms with Crippen molar-refractivity contribution in [3.05, 3.63) is 0 Å². The highest BCUT2D eigenvalue weighted by molar-refractivity contribution is 7.87. The van der Waals surface area contributed by atoms with E-state index in [0.29, 0.717) is 0 Å². The van der Waals surface area contributed by atoms with Crippen molar-refractivity contribution in [2.24, 2.45) is 5.92 Å². The summed E-state index contributed by atoms with van der Waals surface area (Å²) in [6.07, 6.45) is -7.20. The first-order chi connectivity index (χ1) is 10.6. The maximum atomic E-state index is 13.1. The third kappa shape index (κ3) is 9.25. The Morgan fingerprint density at radius 3 is 2.04 bits per heavy atom. The standard InChI is InChI=1S/C12H24F3N3O5S/c1-7(16-10(20)21)8(6-19)5-9(12(13,14)15)17-24(22,23)18-11(2,3)4/h7-9,16-19H,5-6H2,1-4H3,(H,20,21)/t7-,8+,9?/m1/s1. The zero-order chi connectivity index (χ0) is 19.3. The number of hydrogen-bond acceptors (Lipinski definition) is 4. The van der Waals surface area contributed by atoms with Crippen LogP contribution in [-0.2, 0) is 10.2 Å². The maximum Gasteiger partial charge on any atom is 0.404 e. The zero-order valence-electron chi connectivity index (χ0n) is 13.8. The Morgan fingerprint density at radius 1 is 1.21 bits per heavy atom. The van der Waals surface area contributed by atoms with Crippen LogP contribution >= 0.6 is 0 Å². The van der Waals surface area contributed by atoms with Gasteiger partial charge in [0.1, 0.15) is 6.04 Å². The normalized spacial score (nSPS) is 17.2. The molecule has 3 atom stereocenters. The summed E-state index contributed by atoms with van der Waals surface area (Å²) in [6, 6.07) is -3.48. The lowest BCUT2D eigenvalue weighted by atomic mass is 9.94. The van der Waals surface area contributed by atoms with E-state index < -0.39 is 59.0 Å². The van der Waals surface area contributed by atoms with Gasteiger partial charge in [-0.05, 0) is 34.1 Å². The highest BCUT2D eigenvalue weighted by Gasteiger charge is 2.44. The molecule has 1 unspecified atom stereocenters. The number of hydrogen-bond donors (Lipinski definition) is 5. The molecule has 8 nitrogen and oxygen atoms in total. The monoisotopic (exact) mass is 379 g/mol. The van der Waals surface area contributed by atoms with Crippen LogP contribution in [0.5, 0.6) is 0 Å². The molecular formula is C12H24F3N3O5S. The van der Waals surface area contributed by atoms with Crippen molar-refractivity contribution < 1.29 is 36.6 Å². The summed E-state index contributed by atoms with van der Waals surface area (Å²) in [5.74, 6) is -1.13. The molecule has 0 fully saturated rings. The molecule has 24 heavy (non-hydrogen) atoms. The molecule has 0 aromatic heterocycles. The van der Waals surface area contributed by atoms with Crippen molar-refractivity contribution in [1.82, 2.24) is 14.8 Å². The van der Waals surface area contributed by atoms with Crippen molar-refractivity contribution in [3.8, 4) is 0 Å². The Morgan fingerprint density at radius 2 is 1.71 bits per heavy atom. The molecule has 0 spiro atoms. The van der Waals surface area contributed by atoms with E-state index in [4.69, 9.17) is 5.11 Å². The van der Waals surface area contributed by atoms with Crippen LogP contribution in [0.15, 0.2) is 0 Å². The van der Waals surface area contributed by atoms with Crippen molar-refractivity contribution in [1.29, 1.82) is 0 Å². The lowest BCUT2D eigenvalue weighted by Gasteiger charge is -2.29. The molecule has 0 aromatic rings. The van der Waals surface area contributed by atoms with Crippen LogP contribution in [0.3, 0.4) is 0 Å². The molecule has 0 radical (unpaired) electrons. The second-order valence-electron chi connectivity index (χ2n) is 6.48. The lowest BCUT2D eigenvalue weighted by molar-refractivity contribution is -0.156. The number of carbonyl (C=O) groups is 1. The predicted molar refractivity (Wildman–Crippen MR) is 80.6 cm³/mol. The Bertz CT molecular complexity index is 519. The van der Waals surface area contributed by atoms with Gasteiger partial charge in [-0.2, -0.15) is 31.0 Å². The largest absolute Gasteiger partial charge is 0.465 e. The molecule has 0 aliphatic rings. The molecule has 0 saturated carbocycles. The molecule has 144 valence electrons. The minimum atomic E-state index is -4.91. The predicted octanol–water partition coefficient (Wildman–Crippen LogP) is 0.795. The fourth-order valence-electron chi connectivity index (χ4n) is 1.92. The van der Waals surface area contributed by atoms with E-state index in [9.17, 15) is 31.5 Å². The smallest absolute Gasteiger partial charge is 0.404 e. The van der Waals surface area contributed by atoms with Gasteiger partial charge in [0, 0.05) is 24.1 Å². The first-order valence-electron chi connectivity index (χ1n) is 7.05. The number of nitrogens with one attached hydrogen (secondary N) is 3. The topological polar surface area (TPSA) is 128 Å². The number of aliphatic hydroxyl groups is 1. The summed E-state index contributed by atoms with van der Waals surface area (Å²) in [4.78, 5) is 10.6. The summed E-state index contributed by atoms with van der Waals surface area (Å²) in [6.45, 7) is 4.92. The van der Waals surface area contributed by atoms with Crippen LogP contribution in [0.4, 0.5) is 18.0 Å². The van der Waals surface area contributed by atoms with Gasteiger partial charge >= 0.3 is 12.3 Å². The first-order valence-corrected chi connectivity index (χ1v) is 8.54. The minimum Gasteiger partial charge on any atom is -0.465 e. The maximum absolute atomic E-state index is 13.1. The van der Waals surface area contributed by atoms with Gasteiger partial charge in [0.2, 0.25) is 0 Å². The minimum absolute atomic E-state index is 0.748. The molecule has 0 aliphatic heterocycles. The summed E-state index contributed by atoms with van der Waals surface area (Å²) < 4.78 is 66.6. The number of halogens is 3. The van der Waals surface area contributed by atoms with E-state index in [-0.39, 0.29) is 0 Å². The molecule has 5 N–H and O–H groups in total. The highest BCUT2D eigenvalue weighted by atomic mass is 32.2. The second-order valence-corrected chi connectivity index (χ2v) is 7.93. The van der Waals surface area contributed by atoms with Crippen LogP contribution in [0, 0.1) is 5.92 Å². The van der Waals surface area contributed by atoms with Gasteiger partial charge in [0.15, 0.2) is 0 Å². The summed E-state index contributed by atoms with van der Waals surface area (Å²) in [7, 11) is -4.46. The van der Waals surface area contributed by atoms with Crippen molar-refractivity contribution in [3.63, 3.8) is 0 Å². The third-order valence-electron chi connectivity index (χ3n) is 2.96. The Labute approximate surface area is 139 Å². The average Bonchev–Trinajstić information content (AvgIpc) is 2.28. The van der Waals surface area contributed by atoms with Gasteiger partial charge < -0.3 is 15.5 Å². The van der Waals surface area contributed by atoms with Crippen molar-refractivity contribution in [2.45, 2.75) is 57.9 Å². The number of aliphatic hydroxyl groups excluding tert-OH is 1. The van der Waals surface area contributed by atoms with E-state index in [1.165, 1.54) is 32.4 Å². The Balaban J connectivity index is 5.25. The van der Waals surface area contributed by atoms with Crippen LogP contribution in [0.2, 0.25) is 0 Å². The van der Waals surface area contributed by atoms with E-state index in [1.807, 2.05) is 10.0 Å². The number of alkyl halides is 3. The number of amides is 1. The van der Waals surface area contributed by atoms with E-state index >= 15 is 0 Å². The molecule has 0 rings (SSSR count). The van der Waals surface area contributed by atoms with Crippen molar-refractivity contribution in [2.75, 3.05) is 6.61 Å².